The van der Waals surface area contributed by atoms with Gasteiger partial charge in [0.05, 0.1) is 12.2 Å². The zero-order valence-corrected chi connectivity index (χ0v) is 17.2. The van der Waals surface area contributed by atoms with Gasteiger partial charge in [0.2, 0.25) is 10.0 Å². The molecule has 1 aromatic carbocycles. The number of nitrogens with one attached hydrogen (secondary N) is 1. The van der Waals surface area contributed by atoms with Crippen molar-refractivity contribution in [3.63, 3.8) is 0 Å². The summed E-state index contributed by atoms with van der Waals surface area (Å²) in [5.74, 6) is 0.126. The van der Waals surface area contributed by atoms with Crippen LogP contribution < -0.4 is 5.32 Å². The molecule has 1 N–H and O–H groups in total. The van der Waals surface area contributed by atoms with Crippen LogP contribution in [0, 0.1) is 6.92 Å². The molecule has 0 aliphatic carbocycles. The van der Waals surface area contributed by atoms with Gasteiger partial charge in [0, 0.05) is 29.3 Å². The summed E-state index contributed by atoms with van der Waals surface area (Å²) in [7, 11) is -3.56. The molecule has 0 saturated heterocycles. The lowest BCUT2D eigenvalue weighted by molar-refractivity contribution is 0.101. The van der Waals surface area contributed by atoms with Crippen molar-refractivity contribution >= 4 is 38.5 Å². The Labute approximate surface area is 171 Å². The van der Waals surface area contributed by atoms with Gasteiger partial charge in [0.25, 0.3) is 5.91 Å². The SMILES string of the molecule is Cc1cc(C(=O)Nc2nc3c(s2)CN(S(=O)(=O)/C=C/c2ccccc2)CC3)no1. The molecular formula is C19H18N4O4S2. The number of sulfonamides is 1. The van der Waals surface area contributed by atoms with Crippen molar-refractivity contribution in [1.29, 1.82) is 0 Å². The average molecular weight is 431 g/mol. The molecule has 1 aliphatic rings. The van der Waals surface area contributed by atoms with Gasteiger partial charge in [-0.15, -0.1) is 11.3 Å². The summed E-state index contributed by atoms with van der Waals surface area (Å²) in [4.78, 5) is 17.4. The van der Waals surface area contributed by atoms with E-state index in [0.717, 1.165) is 16.1 Å². The van der Waals surface area contributed by atoms with E-state index >= 15 is 0 Å². The van der Waals surface area contributed by atoms with Crippen molar-refractivity contribution < 1.29 is 17.7 Å². The molecule has 0 unspecified atom stereocenters. The number of rotatable bonds is 5. The summed E-state index contributed by atoms with van der Waals surface area (Å²) in [5.41, 5.74) is 1.80. The van der Waals surface area contributed by atoms with Gasteiger partial charge < -0.3 is 4.52 Å². The van der Waals surface area contributed by atoms with Gasteiger partial charge in [-0.05, 0) is 18.6 Å². The Morgan fingerprint density at radius 3 is 2.83 bits per heavy atom. The zero-order valence-electron chi connectivity index (χ0n) is 15.5. The quantitative estimate of drug-likeness (QED) is 0.667. The number of carbonyl (C=O) groups excluding carboxylic acids is 1. The molecule has 4 rings (SSSR count). The average Bonchev–Trinajstić information content (AvgIpc) is 3.32. The molecule has 150 valence electrons. The molecule has 0 bridgehead atoms. The molecule has 0 fully saturated rings. The Morgan fingerprint density at radius 2 is 2.10 bits per heavy atom. The van der Waals surface area contributed by atoms with Gasteiger partial charge in [-0.2, -0.15) is 4.31 Å². The molecule has 0 spiro atoms. The van der Waals surface area contributed by atoms with Crippen LogP contribution in [0.25, 0.3) is 6.08 Å². The molecule has 10 heteroatoms. The smallest absolute Gasteiger partial charge is 0.279 e. The lowest BCUT2D eigenvalue weighted by atomic mass is 10.2. The summed E-state index contributed by atoms with van der Waals surface area (Å²) >= 11 is 1.27. The van der Waals surface area contributed by atoms with Crippen LogP contribution in [0.2, 0.25) is 0 Å². The third kappa shape index (κ3) is 4.44. The first kappa shape index (κ1) is 19.5. The van der Waals surface area contributed by atoms with E-state index in [1.54, 1.807) is 13.0 Å². The second-order valence-electron chi connectivity index (χ2n) is 6.51. The maximum Gasteiger partial charge on any atom is 0.279 e. The van der Waals surface area contributed by atoms with Gasteiger partial charge in [0.15, 0.2) is 10.8 Å². The fourth-order valence-corrected chi connectivity index (χ4v) is 5.15. The van der Waals surface area contributed by atoms with E-state index in [0.29, 0.717) is 23.9 Å². The Bertz CT molecular complexity index is 1170. The van der Waals surface area contributed by atoms with E-state index in [9.17, 15) is 13.2 Å². The molecule has 0 atom stereocenters. The highest BCUT2D eigenvalue weighted by Crippen LogP contribution is 2.30. The topological polar surface area (TPSA) is 105 Å². The standard InChI is InChI=1S/C19H18N4O4S2/c1-13-11-16(22-27-13)18(24)21-19-20-15-7-9-23(12-17(15)28-19)29(25,26)10-8-14-5-3-2-4-6-14/h2-6,8,10-11H,7,9,12H2,1H3,(H,20,21,24)/b10-8+. The molecular weight excluding hydrogens is 412 g/mol. The van der Waals surface area contributed by atoms with Crippen LogP contribution in [0.3, 0.4) is 0 Å². The molecule has 1 aliphatic heterocycles. The van der Waals surface area contributed by atoms with Crippen LogP contribution in [0.4, 0.5) is 5.13 Å². The monoisotopic (exact) mass is 430 g/mol. The second kappa shape index (κ2) is 7.90. The number of hydrogen-bond donors (Lipinski definition) is 1. The number of nitrogens with zero attached hydrogens (tertiary/aromatic N) is 3. The number of carbonyl (C=O) groups is 1. The van der Waals surface area contributed by atoms with Crippen LogP contribution in [0.15, 0.2) is 46.3 Å². The first-order valence-corrected chi connectivity index (χ1v) is 11.2. The third-order valence-electron chi connectivity index (χ3n) is 4.37. The van der Waals surface area contributed by atoms with Crippen molar-refractivity contribution in [3.8, 4) is 0 Å². The predicted octanol–water partition coefficient (Wildman–Crippen LogP) is 3.05. The fraction of sp³-hybridized carbons (Fsp3) is 0.211. The number of aromatic nitrogens is 2. The molecule has 1 amide bonds. The van der Waals surface area contributed by atoms with Crippen molar-refractivity contribution in [2.24, 2.45) is 0 Å². The van der Waals surface area contributed by atoms with Gasteiger partial charge >= 0.3 is 0 Å². The van der Waals surface area contributed by atoms with Crippen molar-refractivity contribution in [2.75, 3.05) is 11.9 Å². The van der Waals surface area contributed by atoms with Crippen LogP contribution in [-0.4, -0.2) is 35.3 Å². The predicted molar refractivity (Wildman–Crippen MR) is 110 cm³/mol. The van der Waals surface area contributed by atoms with Crippen LogP contribution in [0.5, 0.6) is 0 Å². The Hall–Kier alpha value is -2.82. The van der Waals surface area contributed by atoms with Crippen molar-refractivity contribution in [3.05, 3.63) is 69.4 Å². The normalized spacial score (nSPS) is 14.8. The number of aryl methyl sites for hydroxylation is 1. The van der Waals surface area contributed by atoms with Gasteiger partial charge in [-0.25, -0.2) is 13.4 Å². The van der Waals surface area contributed by atoms with E-state index in [2.05, 4.69) is 15.5 Å². The van der Waals surface area contributed by atoms with Gasteiger partial charge in [-0.1, -0.05) is 35.5 Å². The lowest BCUT2D eigenvalue weighted by Crippen LogP contribution is -2.34. The highest BCUT2D eigenvalue weighted by Gasteiger charge is 2.28. The minimum absolute atomic E-state index is 0.172. The minimum atomic E-state index is -3.56. The fourth-order valence-electron chi connectivity index (χ4n) is 2.89. The summed E-state index contributed by atoms with van der Waals surface area (Å²) < 4.78 is 31.7. The van der Waals surface area contributed by atoms with Gasteiger partial charge in [-0.3, -0.25) is 10.1 Å². The van der Waals surface area contributed by atoms with Crippen LogP contribution >= 0.6 is 11.3 Å². The number of fused-ring (bicyclic) bond motifs is 1. The third-order valence-corrected chi connectivity index (χ3v) is 6.88. The molecule has 2 aromatic heterocycles. The number of thiazole rings is 1. The minimum Gasteiger partial charge on any atom is -0.361 e. The number of anilines is 1. The molecule has 3 heterocycles. The highest BCUT2D eigenvalue weighted by atomic mass is 32.2. The highest BCUT2D eigenvalue weighted by molar-refractivity contribution is 7.92. The number of hydrogen-bond acceptors (Lipinski definition) is 7. The maximum absolute atomic E-state index is 12.7. The van der Waals surface area contributed by atoms with Crippen molar-refractivity contribution in [2.45, 2.75) is 19.9 Å². The molecule has 8 nitrogen and oxygen atoms in total. The first-order valence-electron chi connectivity index (χ1n) is 8.87. The zero-order chi connectivity index (χ0) is 20.4. The molecule has 0 radical (unpaired) electrons. The van der Waals surface area contributed by atoms with E-state index < -0.39 is 15.9 Å². The van der Waals surface area contributed by atoms with Gasteiger partial charge in [0.1, 0.15) is 5.76 Å². The summed E-state index contributed by atoms with van der Waals surface area (Å²) in [6.07, 6.45) is 2.08. The Balaban J connectivity index is 1.46. The maximum atomic E-state index is 12.7. The molecule has 0 saturated carbocycles. The Morgan fingerprint density at radius 1 is 1.31 bits per heavy atom. The number of amides is 1. The Kier molecular flexibility index (Phi) is 5.31. The summed E-state index contributed by atoms with van der Waals surface area (Å²) in [5, 5.41) is 8.01. The van der Waals surface area contributed by atoms with Crippen LogP contribution in [-0.2, 0) is 23.0 Å². The first-order chi connectivity index (χ1) is 13.9. The van der Waals surface area contributed by atoms with E-state index in [1.807, 2.05) is 30.3 Å². The summed E-state index contributed by atoms with van der Waals surface area (Å²) in [6, 6.07) is 10.8. The van der Waals surface area contributed by atoms with Crippen LogP contribution in [0.1, 0.15) is 32.4 Å². The van der Waals surface area contributed by atoms with Crippen molar-refractivity contribution in [1.82, 2.24) is 14.4 Å². The number of benzene rings is 1. The lowest BCUT2D eigenvalue weighted by Gasteiger charge is -2.23. The largest absolute Gasteiger partial charge is 0.361 e. The van der Waals surface area contributed by atoms with E-state index in [4.69, 9.17) is 4.52 Å². The molecule has 3 aromatic rings. The van der Waals surface area contributed by atoms with E-state index in [-0.39, 0.29) is 12.2 Å². The van der Waals surface area contributed by atoms with E-state index in [1.165, 1.54) is 27.1 Å². The molecule has 29 heavy (non-hydrogen) atoms. The second-order valence-corrected chi connectivity index (χ2v) is 9.41. The summed E-state index contributed by atoms with van der Waals surface area (Å²) in [6.45, 7) is 2.27.